The van der Waals surface area contributed by atoms with Crippen LogP contribution in [-0.4, -0.2) is 24.2 Å². The zero-order valence-corrected chi connectivity index (χ0v) is 10.7. The Bertz CT molecular complexity index is 381. The van der Waals surface area contributed by atoms with E-state index in [0.29, 0.717) is 11.3 Å². The van der Waals surface area contributed by atoms with Crippen LogP contribution >= 0.6 is 15.9 Å². The molecule has 16 heavy (non-hydrogen) atoms. The average molecular weight is 288 g/mol. The fourth-order valence-corrected chi connectivity index (χ4v) is 1.64. The summed E-state index contributed by atoms with van der Waals surface area (Å²) in [6.45, 7) is 1.53. The molecule has 1 aromatic rings. The summed E-state index contributed by atoms with van der Waals surface area (Å²) in [5, 5.41) is 11.6. The molecule has 1 unspecified atom stereocenters. The van der Waals surface area contributed by atoms with Crippen molar-refractivity contribution in [2.75, 3.05) is 7.05 Å². The van der Waals surface area contributed by atoms with Crippen LogP contribution in [0.1, 0.15) is 12.5 Å². The van der Waals surface area contributed by atoms with Crippen molar-refractivity contribution >= 4 is 21.8 Å². The summed E-state index contributed by atoms with van der Waals surface area (Å²) in [7, 11) is 1.55. The van der Waals surface area contributed by atoms with Crippen LogP contribution in [0.25, 0.3) is 0 Å². The molecule has 0 bridgehead atoms. The van der Waals surface area contributed by atoms with Gasteiger partial charge in [-0.05, 0) is 25.1 Å². The molecule has 0 heterocycles. The van der Waals surface area contributed by atoms with Crippen molar-refractivity contribution in [1.29, 1.82) is 0 Å². The van der Waals surface area contributed by atoms with Gasteiger partial charge in [0.25, 0.3) is 5.91 Å². The van der Waals surface area contributed by atoms with Gasteiger partial charge < -0.3 is 15.2 Å². The molecule has 0 aliphatic heterocycles. The number of aliphatic hydroxyl groups excluding tert-OH is 1. The number of halogens is 1. The number of hydrogen-bond acceptors (Lipinski definition) is 3. The standard InChI is InChI=1S/C11H14BrNO3/c1-7(11(15)13-2)16-10-4-3-9(12)5-8(10)6-14/h3-5,7,14H,6H2,1-2H3,(H,13,15). The third-order valence-electron chi connectivity index (χ3n) is 2.11. The zero-order valence-electron chi connectivity index (χ0n) is 9.16. The van der Waals surface area contributed by atoms with Gasteiger partial charge in [-0.15, -0.1) is 0 Å². The Kier molecular flexibility index (Phi) is 4.76. The normalized spacial score (nSPS) is 12.0. The van der Waals surface area contributed by atoms with E-state index in [2.05, 4.69) is 21.2 Å². The van der Waals surface area contributed by atoms with Crippen molar-refractivity contribution in [3.05, 3.63) is 28.2 Å². The van der Waals surface area contributed by atoms with Crippen molar-refractivity contribution in [2.24, 2.45) is 0 Å². The van der Waals surface area contributed by atoms with Crippen molar-refractivity contribution in [1.82, 2.24) is 5.32 Å². The fraction of sp³-hybridized carbons (Fsp3) is 0.364. The number of amides is 1. The Morgan fingerprint density at radius 3 is 2.88 bits per heavy atom. The lowest BCUT2D eigenvalue weighted by atomic mass is 10.2. The predicted octanol–water partition coefficient (Wildman–Crippen LogP) is 1.45. The molecule has 0 fully saturated rings. The Hall–Kier alpha value is -1.07. The summed E-state index contributed by atoms with van der Waals surface area (Å²) in [4.78, 5) is 11.3. The average Bonchev–Trinajstić information content (AvgIpc) is 2.30. The van der Waals surface area contributed by atoms with Crippen molar-refractivity contribution in [3.8, 4) is 5.75 Å². The molecular formula is C11H14BrNO3. The van der Waals surface area contributed by atoms with Crippen LogP contribution in [0, 0.1) is 0 Å². The Morgan fingerprint density at radius 1 is 1.62 bits per heavy atom. The molecule has 2 N–H and O–H groups in total. The first-order chi connectivity index (χ1) is 7.58. The molecule has 0 radical (unpaired) electrons. The molecule has 1 atom stereocenters. The van der Waals surface area contributed by atoms with Gasteiger partial charge in [0, 0.05) is 17.1 Å². The van der Waals surface area contributed by atoms with E-state index in [0.717, 1.165) is 4.47 Å². The molecule has 0 aliphatic carbocycles. The number of benzene rings is 1. The maximum atomic E-state index is 11.3. The van der Waals surface area contributed by atoms with Crippen LogP contribution in [0.2, 0.25) is 0 Å². The summed E-state index contributed by atoms with van der Waals surface area (Å²) in [6, 6.07) is 5.27. The predicted molar refractivity (Wildman–Crippen MR) is 64.2 cm³/mol. The number of likely N-dealkylation sites (N-methyl/N-ethyl adjacent to an activating group) is 1. The van der Waals surface area contributed by atoms with Gasteiger partial charge in [-0.2, -0.15) is 0 Å². The second-order valence-corrected chi connectivity index (χ2v) is 4.20. The first-order valence-electron chi connectivity index (χ1n) is 4.86. The summed E-state index contributed by atoms with van der Waals surface area (Å²) in [5.41, 5.74) is 0.644. The molecule has 1 rings (SSSR count). The van der Waals surface area contributed by atoms with E-state index in [9.17, 15) is 4.79 Å². The molecule has 0 saturated heterocycles. The van der Waals surface area contributed by atoms with E-state index >= 15 is 0 Å². The largest absolute Gasteiger partial charge is 0.481 e. The molecular weight excluding hydrogens is 274 g/mol. The molecule has 0 spiro atoms. The van der Waals surface area contributed by atoms with Gasteiger partial charge in [0.2, 0.25) is 0 Å². The Morgan fingerprint density at radius 2 is 2.31 bits per heavy atom. The molecule has 1 aromatic carbocycles. The minimum atomic E-state index is -0.587. The van der Waals surface area contributed by atoms with Gasteiger partial charge >= 0.3 is 0 Å². The lowest BCUT2D eigenvalue weighted by Crippen LogP contribution is -2.33. The first kappa shape index (κ1) is 13.0. The quantitative estimate of drug-likeness (QED) is 0.881. The van der Waals surface area contributed by atoms with Crippen molar-refractivity contribution in [3.63, 3.8) is 0 Å². The third-order valence-corrected chi connectivity index (χ3v) is 2.61. The number of ether oxygens (including phenoxy) is 1. The van der Waals surface area contributed by atoms with Gasteiger partial charge in [-0.1, -0.05) is 15.9 Å². The van der Waals surface area contributed by atoms with Gasteiger partial charge in [-0.25, -0.2) is 0 Å². The Balaban J connectivity index is 2.84. The van der Waals surface area contributed by atoms with E-state index in [-0.39, 0.29) is 12.5 Å². The third kappa shape index (κ3) is 3.21. The lowest BCUT2D eigenvalue weighted by molar-refractivity contribution is -0.126. The van der Waals surface area contributed by atoms with Gasteiger partial charge in [0.05, 0.1) is 6.61 Å². The van der Waals surface area contributed by atoms with Gasteiger partial charge in [0.1, 0.15) is 5.75 Å². The molecule has 0 aromatic heterocycles. The molecule has 4 nitrogen and oxygen atoms in total. The van der Waals surface area contributed by atoms with Crippen LogP contribution in [0.4, 0.5) is 0 Å². The maximum absolute atomic E-state index is 11.3. The molecule has 0 aliphatic rings. The molecule has 5 heteroatoms. The first-order valence-corrected chi connectivity index (χ1v) is 5.65. The second kappa shape index (κ2) is 5.86. The smallest absolute Gasteiger partial charge is 0.260 e. The molecule has 1 amide bonds. The number of aliphatic hydroxyl groups is 1. The summed E-state index contributed by atoms with van der Waals surface area (Å²) in [5.74, 6) is 0.314. The van der Waals surface area contributed by atoms with Crippen LogP contribution in [0.5, 0.6) is 5.75 Å². The van der Waals surface area contributed by atoms with E-state index in [1.54, 1.807) is 32.2 Å². The minimum absolute atomic E-state index is 0.130. The van der Waals surface area contributed by atoms with E-state index in [1.165, 1.54) is 0 Å². The van der Waals surface area contributed by atoms with Crippen LogP contribution in [0.15, 0.2) is 22.7 Å². The van der Waals surface area contributed by atoms with Crippen LogP contribution < -0.4 is 10.1 Å². The number of rotatable bonds is 4. The topological polar surface area (TPSA) is 58.6 Å². The highest BCUT2D eigenvalue weighted by Crippen LogP contribution is 2.24. The van der Waals surface area contributed by atoms with Crippen molar-refractivity contribution in [2.45, 2.75) is 19.6 Å². The lowest BCUT2D eigenvalue weighted by Gasteiger charge is -2.15. The van der Waals surface area contributed by atoms with Gasteiger partial charge in [-0.3, -0.25) is 4.79 Å². The number of carbonyl (C=O) groups is 1. The van der Waals surface area contributed by atoms with Crippen molar-refractivity contribution < 1.29 is 14.6 Å². The second-order valence-electron chi connectivity index (χ2n) is 3.28. The Labute approximate surface area is 103 Å². The highest BCUT2D eigenvalue weighted by atomic mass is 79.9. The SMILES string of the molecule is CNC(=O)C(C)Oc1ccc(Br)cc1CO. The fourth-order valence-electron chi connectivity index (χ4n) is 1.23. The minimum Gasteiger partial charge on any atom is -0.481 e. The summed E-state index contributed by atoms with van der Waals surface area (Å²) >= 11 is 3.30. The number of nitrogens with one attached hydrogen (secondary N) is 1. The number of carbonyl (C=O) groups excluding carboxylic acids is 1. The van der Waals surface area contributed by atoms with E-state index in [4.69, 9.17) is 9.84 Å². The summed E-state index contributed by atoms with van der Waals surface area (Å²) < 4.78 is 6.31. The maximum Gasteiger partial charge on any atom is 0.260 e. The van der Waals surface area contributed by atoms with Crippen LogP contribution in [-0.2, 0) is 11.4 Å². The molecule has 88 valence electrons. The van der Waals surface area contributed by atoms with Gasteiger partial charge in [0.15, 0.2) is 6.10 Å². The zero-order chi connectivity index (χ0) is 12.1. The van der Waals surface area contributed by atoms with E-state index < -0.39 is 6.10 Å². The summed E-state index contributed by atoms with van der Waals surface area (Å²) in [6.07, 6.45) is -0.587. The van der Waals surface area contributed by atoms with Crippen LogP contribution in [0.3, 0.4) is 0 Å². The highest BCUT2D eigenvalue weighted by molar-refractivity contribution is 9.10. The van der Waals surface area contributed by atoms with E-state index in [1.807, 2.05) is 0 Å². The number of hydrogen-bond donors (Lipinski definition) is 2. The highest BCUT2D eigenvalue weighted by Gasteiger charge is 2.14. The monoisotopic (exact) mass is 287 g/mol. The molecule has 0 saturated carbocycles.